The standard InChI is InChI=1S/C20H24N2O4/c1-20(25-10-11-26-20)13-15-6-5-8-17(12-15)22-19(23)21-14-16-7-3-4-9-18(16)24-2/h3-9,12H,10-11,13-14H2,1-2H3,(H2,21,22,23). The predicted octanol–water partition coefficient (Wildman–Crippen LogP) is 3.32. The molecule has 2 aromatic rings. The molecule has 2 amide bonds. The van der Waals surface area contributed by atoms with E-state index >= 15 is 0 Å². The highest BCUT2D eigenvalue weighted by molar-refractivity contribution is 5.89. The smallest absolute Gasteiger partial charge is 0.319 e. The van der Waals surface area contributed by atoms with Gasteiger partial charge in [-0.3, -0.25) is 0 Å². The number of benzene rings is 2. The van der Waals surface area contributed by atoms with E-state index in [1.807, 2.05) is 55.5 Å². The van der Waals surface area contributed by atoms with Crippen LogP contribution in [-0.2, 0) is 22.4 Å². The summed E-state index contributed by atoms with van der Waals surface area (Å²) in [4.78, 5) is 12.2. The van der Waals surface area contributed by atoms with E-state index < -0.39 is 5.79 Å². The van der Waals surface area contributed by atoms with E-state index in [4.69, 9.17) is 14.2 Å². The normalized spacial score (nSPS) is 15.5. The number of methoxy groups -OCH3 is 1. The third-order valence-electron chi connectivity index (χ3n) is 4.24. The second-order valence-electron chi connectivity index (χ2n) is 6.33. The number of carbonyl (C=O) groups excluding carboxylic acids is 1. The molecule has 0 aromatic heterocycles. The Bertz CT molecular complexity index is 757. The molecule has 3 rings (SSSR count). The van der Waals surface area contributed by atoms with Gasteiger partial charge in [-0.25, -0.2) is 4.79 Å². The summed E-state index contributed by atoms with van der Waals surface area (Å²) in [5.74, 6) is 0.157. The zero-order valence-corrected chi connectivity index (χ0v) is 15.1. The van der Waals surface area contributed by atoms with Crippen molar-refractivity contribution in [1.29, 1.82) is 0 Å². The number of carbonyl (C=O) groups is 1. The summed E-state index contributed by atoms with van der Waals surface area (Å²) in [7, 11) is 1.61. The lowest BCUT2D eigenvalue weighted by atomic mass is 10.1. The molecule has 0 aliphatic carbocycles. The molecule has 0 radical (unpaired) electrons. The number of nitrogens with one attached hydrogen (secondary N) is 2. The van der Waals surface area contributed by atoms with Gasteiger partial charge in [0.15, 0.2) is 5.79 Å². The molecule has 0 unspecified atom stereocenters. The van der Waals surface area contributed by atoms with E-state index in [0.717, 1.165) is 22.6 Å². The first-order valence-corrected chi connectivity index (χ1v) is 8.62. The van der Waals surface area contributed by atoms with Crippen molar-refractivity contribution in [2.24, 2.45) is 0 Å². The Labute approximate surface area is 153 Å². The lowest BCUT2D eigenvalue weighted by molar-refractivity contribution is -0.140. The Morgan fingerprint density at radius 3 is 2.69 bits per heavy atom. The number of anilines is 1. The summed E-state index contributed by atoms with van der Waals surface area (Å²) in [5, 5.41) is 5.70. The van der Waals surface area contributed by atoms with Crippen molar-refractivity contribution in [2.45, 2.75) is 25.7 Å². The van der Waals surface area contributed by atoms with Crippen molar-refractivity contribution >= 4 is 11.7 Å². The first-order chi connectivity index (χ1) is 12.6. The molecule has 138 valence electrons. The Hall–Kier alpha value is -2.57. The minimum atomic E-state index is -0.593. The Morgan fingerprint density at radius 2 is 1.92 bits per heavy atom. The monoisotopic (exact) mass is 356 g/mol. The van der Waals surface area contributed by atoms with Gasteiger partial charge in [0.25, 0.3) is 0 Å². The molecule has 6 heteroatoms. The van der Waals surface area contributed by atoms with Gasteiger partial charge in [0.1, 0.15) is 5.75 Å². The van der Waals surface area contributed by atoms with Gasteiger partial charge < -0.3 is 24.8 Å². The van der Waals surface area contributed by atoms with Crippen LogP contribution >= 0.6 is 0 Å². The molecule has 2 N–H and O–H groups in total. The number of rotatable bonds is 6. The van der Waals surface area contributed by atoms with E-state index in [-0.39, 0.29) is 6.03 Å². The molecular formula is C20H24N2O4. The maximum Gasteiger partial charge on any atom is 0.319 e. The molecule has 6 nitrogen and oxygen atoms in total. The van der Waals surface area contributed by atoms with E-state index in [2.05, 4.69) is 10.6 Å². The van der Waals surface area contributed by atoms with Gasteiger partial charge in [-0.2, -0.15) is 0 Å². The highest BCUT2D eigenvalue weighted by Gasteiger charge is 2.31. The topological polar surface area (TPSA) is 68.8 Å². The van der Waals surface area contributed by atoms with Crippen LogP contribution in [0.2, 0.25) is 0 Å². The Morgan fingerprint density at radius 1 is 1.15 bits per heavy atom. The molecule has 0 spiro atoms. The number of urea groups is 1. The zero-order valence-electron chi connectivity index (χ0n) is 15.1. The maximum absolute atomic E-state index is 12.2. The number of para-hydroxylation sites is 1. The van der Waals surface area contributed by atoms with Gasteiger partial charge in [0, 0.05) is 24.2 Å². The van der Waals surface area contributed by atoms with Crippen LogP contribution in [0.5, 0.6) is 5.75 Å². The van der Waals surface area contributed by atoms with Crippen LogP contribution in [0.15, 0.2) is 48.5 Å². The fourth-order valence-corrected chi connectivity index (χ4v) is 2.99. The van der Waals surface area contributed by atoms with Crippen molar-refractivity contribution in [2.75, 3.05) is 25.6 Å². The van der Waals surface area contributed by atoms with E-state index in [1.54, 1.807) is 7.11 Å². The number of hydrogen-bond donors (Lipinski definition) is 2. The summed E-state index contributed by atoms with van der Waals surface area (Å²) < 4.78 is 16.6. The molecule has 1 fully saturated rings. The third-order valence-corrected chi connectivity index (χ3v) is 4.24. The molecule has 2 aromatic carbocycles. The van der Waals surface area contributed by atoms with Crippen molar-refractivity contribution in [3.05, 3.63) is 59.7 Å². The number of ether oxygens (including phenoxy) is 3. The van der Waals surface area contributed by atoms with Gasteiger partial charge >= 0.3 is 6.03 Å². The average molecular weight is 356 g/mol. The number of amides is 2. The molecular weight excluding hydrogens is 332 g/mol. The predicted molar refractivity (Wildman–Crippen MR) is 99.3 cm³/mol. The van der Waals surface area contributed by atoms with Gasteiger partial charge in [-0.1, -0.05) is 30.3 Å². The molecule has 0 atom stereocenters. The first kappa shape index (κ1) is 18.2. The Balaban J connectivity index is 1.56. The second-order valence-corrected chi connectivity index (χ2v) is 6.33. The highest BCUT2D eigenvalue weighted by atomic mass is 16.7. The summed E-state index contributed by atoms with van der Waals surface area (Å²) >= 11 is 0. The van der Waals surface area contributed by atoms with Crippen LogP contribution in [-0.4, -0.2) is 32.1 Å². The van der Waals surface area contributed by atoms with Crippen LogP contribution in [0.4, 0.5) is 10.5 Å². The van der Waals surface area contributed by atoms with Gasteiger partial charge in [-0.05, 0) is 30.7 Å². The Kier molecular flexibility index (Phi) is 5.75. The van der Waals surface area contributed by atoms with Crippen molar-refractivity contribution in [3.63, 3.8) is 0 Å². The van der Waals surface area contributed by atoms with E-state index in [1.165, 1.54) is 0 Å². The maximum atomic E-state index is 12.2. The second kappa shape index (κ2) is 8.21. The summed E-state index contributed by atoms with van der Waals surface area (Å²) in [6.07, 6.45) is 0.630. The SMILES string of the molecule is COc1ccccc1CNC(=O)Nc1cccc(CC2(C)OCCO2)c1. The molecule has 1 aliphatic rings. The largest absolute Gasteiger partial charge is 0.496 e. The highest BCUT2D eigenvalue weighted by Crippen LogP contribution is 2.25. The zero-order chi connectivity index (χ0) is 18.4. The van der Waals surface area contributed by atoms with Crippen LogP contribution in [0, 0.1) is 0 Å². The van der Waals surface area contributed by atoms with E-state index in [9.17, 15) is 4.79 Å². The van der Waals surface area contributed by atoms with Crippen LogP contribution in [0.25, 0.3) is 0 Å². The van der Waals surface area contributed by atoms with Gasteiger partial charge in [0.05, 0.1) is 20.3 Å². The number of hydrogen-bond acceptors (Lipinski definition) is 4. The molecule has 1 aliphatic heterocycles. The van der Waals surface area contributed by atoms with Crippen LogP contribution in [0.1, 0.15) is 18.1 Å². The lowest BCUT2D eigenvalue weighted by Crippen LogP contribution is -2.29. The van der Waals surface area contributed by atoms with Crippen LogP contribution < -0.4 is 15.4 Å². The molecule has 0 bridgehead atoms. The van der Waals surface area contributed by atoms with Gasteiger partial charge in [-0.15, -0.1) is 0 Å². The third kappa shape index (κ3) is 4.74. The fourth-order valence-electron chi connectivity index (χ4n) is 2.99. The molecule has 1 saturated heterocycles. The quantitative estimate of drug-likeness (QED) is 0.833. The lowest BCUT2D eigenvalue weighted by Gasteiger charge is -2.22. The average Bonchev–Trinajstić information content (AvgIpc) is 3.06. The van der Waals surface area contributed by atoms with Crippen molar-refractivity contribution in [3.8, 4) is 5.75 Å². The minimum Gasteiger partial charge on any atom is -0.496 e. The summed E-state index contributed by atoms with van der Waals surface area (Å²) in [6, 6.07) is 15.0. The molecule has 26 heavy (non-hydrogen) atoms. The van der Waals surface area contributed by atoms with Crippen molar-refractivity contribution in [1.82, 2.24) is 5.32 Å². The van der Waals surface area contributed by atoms with Crippen molar-refractivity contribution < 1.29 is 19.0 Å². The fraction of sp³-hybridized carbons (Fsp3) is 0.350. The molecule has 1 heterocycles. The summed E-state index contributed by atoms with van der Waals surface area (Å²) in [6.45, 7) is 3.54. The van der Waals surface area contributed by atoms with Gasteiger partial charge in [0.2, 0.25) is 0 Å². The van der Waals surface area contributed by atoms with E-state index in [0.29, 0.717) is 26.2 Å². The summed E-state index contributed by atoms with van der Waals surface area (Å²) in [5.41, 5.74) is 2.68. The molecule has 0 saturated carbocycles. The van der Waals surface area contributed by atoms with Crippen LogP contribution in [0.3, 0.4) is 0 Å². The minimum absolute atomic E-state index is 0.271. The first-order valence-electron chi connectivity index (χ1n) is 8.62.